The second-order valence-electron chi connectivity index (χ2n) is 4.36. The highest BCUT2D eigenvalue weighted by Gasteiger charge is 2.01. The van der Waals surface area contributed by atoms with E-state index in [-0.39, 0.29) is 5.78 Å². The highest BCUT2D eigenvalue weighted by molar-refractivity contribution is 6.04. The van der Waals surface area contributed by atoms with Crippen LogP contribution in [0.15, 0.2) is 48.6 Å². The molecular formula is C16H16N2O5. The smallest absolute Gasteiger partial charge is 0.330 e. The van der Waals surface area contributed by atoms with Crippen LogP contribution in [-0.4, -0.2) is 30.7 Å². The van der Waals surface area contributed by atoms with Crippen LogP contribution in [0.5, 0.6) is 0 Å². The molecule has 0 aliphatic heterocycles. The van der Waals surface area contributed by atoms with Crippen LogP contribution >= 0.6 is 0 Å². The first-order valence-electron chi connectivity index (χ1n) is 6.57. The second kappa shape index (κ2) is 8.93. The van der Waals surface area contributed by atoms with Crippen LogP contribution in [-0.2, 0) is 23.9 Å². The number of amides is 2. The highest BCUT2D eigenvalue weighted by atomic mass is 16.5. The third kappa shape index (κ3) is 7.37. The molecule has 0 aliphatic rings. The molecule has 7 heteroatoms. The Hall–Kier alpha value is -3.22. The van der Waals surface area contributed by atoms with Crippen molar-refractivity contribution < 1.29 is 23.9 Å². The molecule has 0 saturated heterocycles. The molecule has 7 nitrogen and oxygen atoms in total. The zero-order chi connectivity index (χ0) is 17.2. The fraction of sp³-hybridized carbons (Fsp3) is 0.125. The standard InChI is InChI=1S/C16H16N2O5/c1-11(19)3-8-14(20)17-12-4-6-13(7-5-12)18-15(21)9-10-16(22)23-2/h3-10H,1-2H3,(H,17,20)(H,18,21)/b8-3-,10-9-. The Balaban J connectivity index is 2.58. The zero-order valence-electron chi connectivity index (χ0n) is 12.7. The number of benzene rings is 1. The fourth-order valence-corrected chi connectivity index (χ4v) is 1.41. The molecule has 1 aromatic carbocycles. The minimum absolute atomic E-state index is 0.224. The van der Waals surface area contributed by atoms with Crippen molar-refractivity contribution in [3.05, 3.63) is 48.6 Å². The van der Waals surface area contributed by atoms with E-state index in [0.29, 0.717) is 11.4 Å². The fourth-order valence-electron chi connectivity index (χ4n) is 1.41. The molecule has 2 N–H and O–H groups in total. The van der Waals surface area contributed by atoms with E-state index in [1.54, 1.807) is 24.3 Å². The van der Waals surface area contributed by atoms with E-state index < -0.39 is 17.8 Å². The summed E-state index contributed by atoms with van der Waals surface area (Å²) in [5.41, 5.74) is 0.994. The van der Waals surface area contributed by atoms with E-state index in [2.05, 4.69) is 15.4 Å². The van der Waals surface area contributed by atoms with Crippen molar-refractivity contribution in [2.24, 2.45) is 0 Å². The van der Waals surface area contributed by atoms with Gasteiger partial charge in [-0.05, 0) is 37.3 Å². The van der Waals surface area contributed by atoms with Crippen molar-refractivity contribution in [3.63, 3.8) is 0 Å². The molecule has 0 bridgehead atoms. The van der Waals surface area contributed by atoms with E-state index in [4.69, 9.17) is 0 Å². The summed E-state index contributed by atoms with van der Waals surface area (Å²) in [5.74, 6) is -1.77. The van der Waals surface area contributed by atoms with E-state index in [1.165, 1.54) is 14.0 Å². The van der Waals surface area contributed by atoms with E-state index in [9.17, 15) is 19.2 Å². The van der Waals surface area contributed by atoms with Gasteiger partial charge in [0.1, 0.15) is 0 Å². The lowest BCUT2D eigenvalue weighted by Gasteiger charge is -2.05. The number of methoxy groups -OCH3 is 1. The average molecular weight is 316 g/mol. The SMILES string of the molecule is COC(=O)/C=C\C(=O)Nc1ccc(NC(=O)/C=C\C(C)=O)cc1. The summed E-state index contributed by atoms with van der Waals surface area (Å²) < 4.78 is 4.37. The minimum Gasteiger partial charge on any atom is -0.466 e. The predicted octanol–water partition coefficient (Wildman–Crippen LogP) is 1.44. The van der Waals surface area contributed by atoms with Crippen molar-refractivity contribution in [1.82, 2.24) is 0 Å². The van der Waals surface area contributed by atoms with Gasteiger partial charge >= 0.3 is 5.97 Å². The van der Waals surface area contributed by atoms with Crippen molar-refractivity contribution in [2.75, 3.05) is 17.7 Å². The highest BCUT2D eigenvalue weighted by Crippen LogP contribution is 2.13. The van der Waals surface area contributed by atoms with Crippen LogP contribution in [0.2, 0.25) is 0 Å². The molecule has 0 atom stereocenters. The maximum absolute atomic E-state index is 11.5. The van der Waals surface area contributed by atoms with Gasteiger partial charge in [-0.25, -0.2) is 4.79 Å². The lowest BCUT2D eigenvalue weighted by atomic mass is 10.2. The molecule has 0 aromatic heterocycles. The Bertz CT molecular complexity index is 660. The Morgan fingerprint density at radius 3 is 1.65 bits per heavy atom. The number of ether oxygens (including phenoxy) is 1. The van der Waals surface area contributed by atoms with Gasteiger partial charge in [0.05, 0.1) is 7.11 Å². The maximum atomic E-state index is 11.5. The van der Waals surface area contributed by atoms with Gasteiger partial charge in [-0.1, -0.05) is 0 Å². The molecule has 0 spiro atoms. The van der Waals surface area contributed by atoms with Crippen molar-refractivity contribution in [2.45, 2.75) is 6.92 Å². The number of hydrogen-bond donors (Lipinski definition) is 2. The average Bonchev–Trinajstić information content (AvgIpc) is 2.52. The van der Waals surface area contributed by atoms with Gasteiger partial charge in [-0.15, -0.1) is 0 Å². The van der Waals surface area contributed by atoms with E-state index in [0.717, 1.165) is 24.3 Å². The molecule has 0 saturated carbocycles. The summed E-state index contributed by atoms with van der Waals surface area (Å²) in [6.45, 7) is 1.34. The van der Waals surface area contributed by atoms with Crippen LogP contribution in [0.4, 0.5) is 11.4 Å². The number of carbonyl (C=O) groups excluding carboxylic acids is 4. The van der Waals surface area contributed by atoms with E-state index >= 15 is 0 Å². The van der Waals surface area contributed by atoms with Crippen LogP contribution in [0.3, 0.4) is 0 Å². The normalized spacial score (nSPS) is 10.5. The van der Waals surface area contributed by atoms with E-state index in [1.807, 2.05) is 0 Å². The Morgan fingerprint density at radius 2 is 1.26 bits per heavy atom. The lowest BCUT2D eigenvalue weighted by molar-refractivity contribution is -0.135. The van der Waals surface area contributed by atoms with Gasteiger partial charge in [-0.3, -0.25) is 14.4 Å². The third-order valence-electron chi connectivity index (χ3n) is 2.46. The predicted molar refractivity (Wildman–Crippen MR) is 84.7 cm³/mol. The number of rotatable bonds is 6. The molecule has 0 heterocycles. The number of carbonyl (C=O) groups is 4. The molecule has 120 valence electrons. The summed E-state index contributed by atoms with van der Waals surface area (Å²) in [6, 6.07) is 6.32. The third-order valence-corrected chi connectivity index (χ3v) is 2.46. The van der Waals surface area contributed by atoms with Crippen molar-refractivity contribution >= 4 is 34.9 Å². The first-order valence-corrected chi connectivity index (χ1v) is 6.57. The molecule has 0 unspecified atom stereocenters. The Labute approximate surface area is 133 Å². The minimum atomic E-state index is -0.628. The monoisotopic (exact) mass is 316 g/mol. The number of esters is 1. The first kappa shape index (κ1) is 17.8. The Morgan fingerprint density at radius 1 is 0.826 bits per heavy atom. The molecular weight excluding hydrogens is 300 g/mol. The Kier molecular flexibility index (Phi) is 6.93. The van der Waals surface area contributed by atoms with Crippen LogP contribution in [0.25, 0.3) is 0 Å². The second-order valence-corrected chi connectivity index (χ2v) is 4.36. The summed E-state index contributed by atoms with van der Waals surface area (Å²) in [6.07, 6.45) is 4.35. The molecule has 23 heavy (non-hydrogen) atoms. The zero-order valence-corrected chi connectivity index (χ0v) is 12.7. The molecule has 1 rings (SSSR count). The van der Waals surface area contributed by atoms with Gasteiger partial charge in [0, 0.05) is 29.6 Å². The molecule has 1 aromatic rings. The summed E-state index contributed by atoms with van der Waals surface area (Å²) in [4.78, 5) is 44.6. The van der Waals surface area contributed by atoms with Crippen LogP contribution < -0.4 is 10.6 Å². The van der Waals surface area contributed by atoms with Crippen molar-refractivity contribution in [1.29, 1.82) is 0 Å². The summed E-state index contributed by atoms with van der Waals surface area (Å²) in [5, 5.41) is 5.10. The molecule has 0 radical (unpaired) electrons. The quantitative estimate of drug-likeness (QED) is 0.611. The van der Waals surface area contributed by atoms with Crippen LogP contribution in [0.1, 0.15) is 6.92 Å². The van der Waals surface area contributed by atoms with Gasteiger partial charge in [0.2, 0.25) is 11.8 Å². The van der Waals surface area contributed by atoms with Gasteiger partial charge < -0.3 is 15.4 Å². The first-order chi connectivity index (χ1) is 10.9. The van der Waals surface area contributed by atoms with Gasteiger partial charge in [0.15, 0.2) is 5.78 Å². The molecule has 0 aliphatic carbocycles. The topological polar surface area (TPSA) is 102 Å². The van der Waals surface area contributed by atoms with Crippen LogP contribution in [0, 0.1) is 0 Å². The number of nitrogens with one attached hydrogen (secondary N) is 2. The number of hydrogen-bond acceptors (Lipinski definition) is 5. The number of anilines is 2. The van der Waals surface area contributed by atoms with Gasteiger partial charge in [0.25, 0.3) is 0 Å². The molecule has 0 fully saturated rings. The van der Waals surface area contributed by atoms with Gasteiger partial charge in [-0.2, -0.15) is 0 Å². The number of ketones is 1. The molecule has 2 amide bonds. The largest absolute Gasteiger partial charge is 0.466 e. The van der Waals surface area contributed by atoms with Crippen molar-refractivity contribution in [3.8, 4) is 0 Å². The summed E-state index contributed by atoms with van der Waals surface area (Å²) >= 11 is 0. The maximum Gasteiger partial charge on any atom is 0.330 e. The summed E-state index contributed by atoms with van der Waals surface area (Å²) in [7, 11) is 1.21. The number of allylic oxidation sites excluding steroid dienone is 1. The lowest BCUT2D eigenvalue weighted by Crippen LogP contribution is -2.10.